The van der Waals surface area contributed by atoms with Gasteiger partial charge in [-0.2, -0.15) is 0 Å². The lowest BCUT2D eigenvalue weighted by atomic mass is 10.2. The Kier molecular flexibility index (Phi) is 5.06. The summed E-state index contributed by atoms with van der Waals surface area (Å²) in [5.74, 6) is 2.11. The maximum atomic E-state index is 9.49. The first-order valence-corrected chi connectivity index (χ1v) is 7.02. The first-order valence-electron chi connectivity index (χ1n) is 7.02. The predicted molar refractivity (Wildman–Crippen MR) is 83.3 cm³/mol. The second-order valence-electron chi connectivity index (χ2n) is 4.99. The SMILES string of the molecule is CC=Cc1ccccc1Oc1cnc(C(C)C)nc1CO. The largest absolute Gasteiger partial charge is 0.453 e. The van der Waals surface area contributed by atoms with Crippen molar-refractivity contribution in [3.05, 3.63) is 53.6 Å². The van der Waals surface area contributed by atoms with Crippen molar-refractivity contribution < 1.29 is 9.84 Å². The number of para-hydroxylation sites is 1. The van der Waals surface area contributed by atoms with Crippen LogP contribution in [0.4, 0.5) is 0 Å². The van der Waals surface area contributed by atoms with Crippen molar-refractivity contribution in [2.75, 3.05) is 0 Å². The Bertz CT molecular complexity index is 636. The first-order chi connectivity index (χ1) is 10.2. The van der Waals surface area contributed by atoms with Crippen LogP contribution < -0.4 is 4.74 Å². The summed E-state index contributed by atoms with van der Waals surface area (Å²) in [6, 6.07) is 7.71. The van der Waals surface area contributed by atoms with Gasteiger partial charge in [-0.15, -0.1) is 0 Å². The van der Waals surface area contributed by atoms with E-state index in [1.807, 2.05) is 57.2 Å². The number of aliphatic hydroxyl groups excluding tert-OH is 1. The zero-order valence-corrected chi connectivity index (χ0v) is 12.6. The van der Waals surface area contributed by atoms with Gasteiger partial charge >= 0.3 is 0 Å². The molecule has 2 rings (SSSR count). The molecule has 0 saturated carbocycles. The number of hydrogen-bond acceptors (Lipinski definition) is 4. The van der Waals surface area contributed by atoms with E-state index in [1.165, 1.54) is 0 Å². The summed E-state index contributed by atoms with van der Waals surface area (Å²) < 4.78 is 5.88. The summed E-state index contributed by atoms with van der Waals surface area (Å²) in [7, 11) is 0. The van der Waals surface area contributed by atoms with Crippen molar-refractivity contribution in [2.45, 2.75) is 33.3 Å². The molecule has 2 aromatic rings. The Labute approximate surface area is 125 Å². The minimum Gasteiger partial charge on any atom is -0.453 e. The van der Waals surface area contributed by atoms with Crippen LogP contribution in [-0.4, -0.2) is 15.1 Å². The van der Waals surface area contributed by atoms with Crippen LogP contribution in [0.25, 0.3) is 6.08 Å². The van der Waals surface area contributed by atoms with E-state index in [0.717, 1.165) is 5.56 Å². The summed E-state index contributed by atoms with van der Waals surface area (Å²) in [4.78, 5) is 8.65. The normalized spacial score (nSPS) is 11.3. The lowest BCUT2D eigenvalue weighted by Gasteiger charge is -2.12. The highest BCUT2D eigenvalue weighted by Gasteiger charge is 2.12. The maximum Gasteiger partial charge on any atom is 0.169 e. The summed E-state index contributed by atoms with van der Waals surface area (Å²) in [6.45, 7) is 5.80. The number of nitrogens with zero attached hydrogens (tertiary/aromatic N) is 2. The molecule has 4 heteroatoms. The highest BCUT2D eigenvalue weighted by molar-refractivity contribution is 5.57. The van der Waals surface area contributed by atoms with Crippen molar-refractivity contribution in [1.29, 1.82) is 0 Å². The molecule has 1 N–H and O–H groups in total. The highest BCUT2D eigenvalue weighted by atomic mass is 16.5. The van der Waals surface area contributed by atoms with Crippen LogP contribution in [0, 0.1) is 0 Å². The molecule has 21 heavy (non-hydrogen) atoms. The molecule has 0 amide bonds. The molecule has 0 bridgehead atoms. The average Bonchev–Trinajstić information content (AvgIpc) is 2.49. The molecule has 1 aromatic heterocycles. The molecular formula is C17H20N2O2. The zero-order valence-electron chi connectivity index (χ0n) is 12.6. The Morgan fingerprint density at radius 3 is 2.67 bits per heavy atom. The number of benzene rings is 1. The fraction of sp³-hybridized carbons (Fsp3) is 0.294. The minimum absolute atomic E-state index is 0.177. The number of hydrogen-bond donors (Lipinski definition) is 1. The van der Waals surface area contributed by atoms with Crippen LogP contribution in [0.3, 0.4) is 0 Å². The Balaban J connectivity index is 2.35. The van der Waals surface area contributed by atoms with Crippen LogP contribution in [0.1, 0.15) is 43.8 Å². The standard InChI is InChI=1S/C17H20N2O2/c1-4-7-13-8-5-6-9-15(13)21-16-10-18-17(12(2)3)19-14(16)11-20/h4-10,12,20H,11H2,1-3H3. The second-order valence-corrected chi connectivity index (χ2v) is 4.99. The van der Waals surface area contributed by atoms with E-state index in [4.69, 9.17) is 4.74 Å². The van der Waals surface area contributed by atoms with Crippen LogP contribution in [0.15, 0.2) is 36.5 Å². The Morgan fingerprint density at radius 1 is 1.24 bits per heavy atom. The third kappa shape index (κ3) is 3.67. The van der Waals surface area contributed by atoms with E-state index in [1.54, 1.807) is 6.20 Å². The van der Waals surface area contributed by atoms with Crippen LogP contribution in [0.2, 0.25) is 0 Å². The number of aromatic nitrogens is 2. The number of rotatable bonds is 5. The van der Waals surface area contributed by atoms with Gasteiger partial charge in [-0.1, -0.05) is 44.2 Å². The highest BCUT2D eigenvalue weighted by Crippen LogP contribution is 2.28. The van der Waals surface area contributed by atoms with Gasteiger partial charge in [-0.25, -0.2) is 9.97 Å². The van der Waals surface area contributed by atoms with Gasteiger partial charge in [-0.3, -0.25) is 0 Å². The predicted octanol–water partition coefficient (Wildman–Crippen LogP) is 3.92. The molecule has 0 spiro atoms. The topological polar surface area (TPSA) is 55.2 Å². The number of allylic oxidation sites excluding steroid dienone is 1. The molecule has 1 heterocycles. The van der Waals surface area contributed by atoms with Crippen molar-refractivity contribution >= 4 is 6.08 Å². The van der Waals surface area contributed by atoms with E-state index in [0.29, 0.717) is 23.0 Å². The molecule has 0 aliphatic carbocycles. The average molecular weight is 284 g/mol. The third-order valence-electron chi connectivity index (χ3n) is 3.00. The lowest BCUT2D eigenvalue weighted by Crippen LogP contribution is -2.04. The molecule has 0 unspecified atom stereocenters. The van der Waals surface area contributed by atoms with Gasteiger partial charge in [-0.05, 0) is 13.0 Å². The van der Waals surface area contributed by atoms with Crippen molar-refractivity contribution in [2.24, 2.45) is 0 Å². The van der Waals surface area contributed by atoms with Gasteiger partial charge in [0, 0.05) is 11.5 Å². The number of aliphatic hydroxyl groups is 1. The summed E-state index contributed by atoms with van der Waals surface area (Å²) in [5, 5.41) is 9.49. The van der Waals surface area contributed by atoms with Gasteiger partial charge in [0.1, 0.15) is 17.3 Å². The van der Waals surface area contributed by atoms with E-state index in [-0.39, 0.29) is 12.5 Å². The molecule has 0 aliphatic rings. The molecule has 1 aromatic carbocycles. The van der Waals surface area contributed by atoms with E-state index in [9.17, 15) is 5.11 Å². The molecular weight excluding hydrogens is 264 g/mol. The lowest BCUT2D eigenvalue weighted by molar-refractivity contribution is 0.269. The summed E-state index contributed by atoms with van der Waals surface area (Å²) in [5.41, 5.74) is 1.47. The molecule has 0 saturated heterocycles. The fourth-order valence-corrected chi connectivity index (χ4v) is 1.91. The van der Waals surface area contributed by atoms with Gasteiger partial charge in [0.25, 0.3) is 0 Å². The first kappa shape index (κ1) is 15.2. The molecule has 0 fully saturated rings. The summed E-state index contributed by atoms with van der Waals surface area (Å²) in [6.07, 6.45) is 5.55. The van der Waals surface area contributed by atoms with Crippen molar-refractivity contribution in [1.82, 2.24) is 9.97 Å². The van der Waals surface area contributed by atoms with Crippen molar-refractivity contribution in [3.63, 3.8) is 0 Å². The van der Waals surface area contributed by atoms with Crippen LogP contribution in [0.5, 0.6) is 11.5 Å². The van der Waals surface area contributed by atoms with Crippen molar-refractivity contribution in [3.8, 4) is 11.5 Å². The Morgan fingerprint density at radius 2 is 2.00 bits per heavy atom. The summed E-state index contributed by atoms with van der Waals surface area (Å²) >= 11 is 0. The Hall–Kier alpha value is -2.20. The molecule has 0 aliphatic heterocycles. The smallest absolute Gasteiger partial charge is 0.169 e. The molecule has 0 atom stereocenters. The maximum absolute atomic E-state index is 9.49. The van der Waals surface area contributed by atoms with Gasteiger partial charge < -0.3 is 9.84 Å². The van der Waals surface area contributed by atoms with E-state index in [2.05, 4.69) is 9.97 Å². The number of ether oxygens (including phenoxy) is 1. The van der Waals surface area contributed by atoms with E-state index >= 15 is 0 Å². The van der Waals surface area contributed by atoms with Gasteiger partial charge in [0.15, 0.2) is 5.75 Å². The quantitative estimate of drug-likeness (QED) is 0.904. The molecule has 110 valence electrons. The monoisotopic (exact) mass is 284 g/mol. The van der Waals surface area contributed by atoms with Crippen LogP contribution >= 0.6 is 0 Å². The van der Waals surface area contributed by atoms with Crippen LogP contribution in [-0.2, 0) is 6.61 Å². The van der Waals surface area contributed by atoms with Gasteiger partial charge in [0.05, 0.1) is 12.8 Å². The van der Waals surface area contributed by atoms with E-state index < -0.39 is 0 Å². The van der Waals surface area contributed by atoms with Gasteiger partial charge in [0.2, 0.25) is 0 Å². The minimum atomic E-state index is -0.177. The molecule has 0 radical (unpaired) electrons. The zero-order chi connectivity index (χ0) is 15.2. The third-order valence-corrected chi connectivity index (χ3v) is 3.00. The fourth-order valence-electron chi connectivity index (χ4n) is 1.91. The second kappa shape index (κ2) is 6.99. The molecule has 4 nitrogen and oxygen atoms in total.